The molecule has 0 radical (unpaired) electrons. The number of fused-ring (bicyclic) bond motifs is 3. The van der Waals surface area contributed by atoms with Crippen LogP contribution in [-0.2, 0) is 10.0 Å². The zero-order valence-electron chi connectivity index (χ0n) is 23.4. The van der Waals surface area contributed by atoms with Crippen molar-refractivity contribution in [1.29, 1.82) is 0 Å². The Morgan fingerprint density at radius 2 is 1.87 bits per heavy atom. The normalized spacial score (nSPS) is 22.6. The van der Waals surface area contributed by atoms with Gasteiger partial charge < -0.3 is 15.0 Å². The summed E-state index contributed by atoms with van der Waals surface area (Å²) in [5, 5.41) is 14.8. The largest absolute Gasteiger partial charge is 0.390 e. The first kappa shape index (κ1) is 30.0. The number of hydrogen-bond acceptors (Lipinski definition) is 7. The Morgan fingerprint density at radius 1 is 1.21 bits per heavy atom. The predicted molar refractivity (Wildman–Crippen MR) is 158 cm³/mol. The molecule has 39 heavy (non-hydrogen) atoms. The van der Waals surface area contributed by atoms with Gasteiger partial charge in [-0.05, 0) is 62.8 Å². The highest BCUT2D eigenvalue weighted by molar-refractivity contribution is 7.99. The lowest BCUT2D eigenvalue weighted by Gasteiger charge is -2.40. The number of thioether (sulfide) groups is 1. The van der Waals surface area contributed by atoms with Gasteiger partial charge in [-0.25, -0.2) is 8.42 Å². The summed E-state index contributed by atoms with van der Waals surface area (Å²) >= 11 is 1.68. The Kier molecular flexibility index (Phi) is 9.80. The van der Waals surface area contributed by atoms with Gasteiger partial charge in [-0.15, -0.1) is 0 Å². The van der Waals surface area contributed by atoms with Crippen LogP contribution < -0.4 is 10.9 Å². The maximum atomic E-state index is 13.3. The van der Waals surface area contributed by atoms with Crippen LogP contribution in [0.15, 0.2) is 35.1 Å². The van der Waals surface area contributed by atoms with Gasteiger partial charge in [-0.3, -0.25) is 14.5 Å². The van der Waals surface area contributed by atoms with Crippen LogP contribution in [0.4, 0.5) is 0 Å². The monoisotopic (exact) mass is 578 g/mol. The first-order valence-electron chi connectivity index (χ1n) is 13.9. The lowest BCUT2D eigenvalue weighted by Crippen LogP contribution is -2.53. The summed E-state index contributed by atoms with van der Waals surface area (Å²) in [7, 11) is -3.40. The van der Waals surface area contributed by atoms with E-state index in [-0.39, 0.29) is 47.7 Å². The third-order valence-electron chi connectivity index (χ3n) is 7.92. The van der Waals surface area contributed by atoms with E-state index in [1.54, 1.807) is 22.4 Å². The number of nitrogens with one attached hydrogen (secondary N) is 1. The average Bonchev–Trinajstić information content (AvgIpc) is 3.09. The van der Waals surface area contributed by atoms with Gasteiger partial charge in [0, 0.05) is 49.6 Å². The molecule has 4 atom stereocenters. The molecular formula is C28H42N4O5S2. The van der Waals surface area contributed by atoms with Gasteiger partial charge >= 0.3 is 0 Å². The second-order valence-corrected chi connectivity index (χ2v) is 14.5. The summed E-state index contributed by atoms with van der Waals surface area (Å²) < 4.78 is 27.5. The van der Waals surface area contributed by atoms with E-state index in [0.717, 1.165) is 42.3 Å². The van der Waals surface area contributed by atoms with Gasteiger partial charge in [-0.1, -0.05) is 25.1 Å². The number of carbonyl (C=O) groups is 1. The smallest absolute Gasteiger partial charge is 0.264 e. The average molecular weight is 579 g/mol. The number of pyridine rings is 1. The first-order valence-corrected chi connectivity index (χ1v) is 16.9. The van der Waals surface area contributed by atoms with E-state index in [4.69, 9.17) is 0 Å². The van der Waals surface area contributed by atoms with E-state index in [1.807, 2.05) is 45.0 Å². The summed E-state index contributed by atoms with van der Waals surface area (Å²) in [5.74, 6) is 1.28. The highest BCUT2D eigenvalue weighted by Gasteiger charge is 2.42. The number of benzene rings is 1. The molecule has 2 aliphatic heterocycles. The molecule has 2 aliphatic rings. The molecule has 11 heteroatoms. The van der Waals surface area contributed by atoms with Crippen LogP contribution >= 0.6 is 11.8 Å². The number of piperidine rings is 1. The van der Waals surface area contributed by atoms with Gasteiger partial charge in [0.25, 0.3) is 11.5 Å². The molecular weight excluding hydrogens is 536 g/mol. The van der Waals surface area contributed by atoms with Crippen molar-refractivity contribution in [2.45, 2.75) is 76.7 Å². The molecule has 2 saturated heterocycles. The summed E-state index contributed by atoms with van der Waals surface area (Å²) in [6.07, 6.45) is 3.84. The number of sulfonamides is 1. The van der Waals surface area contributed by atoms with Gasteiger partial charge in [-0.2, -0.15) is 16.1 Å². The maximum Gasteiger partial charge on any atom is 0.264 e. The molecule has 4 rings (SSSR count). The van der Waals surface area contributed by atoms with Crippen molar-refractivity contribution < 1.29 is 18.3 Å². The van der Waals surface area contributed by atoms with E-state index in [9.17, 15) is 23.1 Å². The first-order chi connectivity index (χ1) is 18.5. The zero-order valence-corrected chi connectivity index (χ0v) is 25.0. The number of amides is 1. The third kappa shape index (κ3) is 7.05. The highest BCUT2D eigenvalue weighted by Crippen LogP contribution is 2.36. The van der Waals surface area contributed by atoms with Gasteiger partial charge in [0.15, 0.2) is 0 Å². The molecule has 1 aromatic carbocycles. The summed E-state index contributed by atoms with van der Waals surface area (Å²) in [6.45, 7) is 6.81. The second kappa shape index (κ2) is 12.7. The molecule has 1 amide bonds. The quantitative estimate of drug-likeness (QED) is 0.373. The molecule has 0 spiro atoms. The maximum absolute atomic E-state index is 13.3. The Morgan fingerprint density at radius 3 is 2.49 bits per heavy atom. The van der Waals surface area contributed by atoms with Crippen LogP contribution in [0.25, 0.3) is 10.9 Å². The number of aliphatic hydroxyl groups excluding tert-OH is 1. The number of carbonyl (C=O) groups excluding carboxylic acids is 1. The molecule has 0 aliphatic carbocycles. The zero-order chi connectivity index (χ0) is 28.3. The number of aromatic nitrogens is 1. The molecule has 1 aromatic heterocycles. The van der Waals surface area contributed by atoms with Crippen LogP contribution in [0.2, 0.25) is 0 Å². The fraction of sp³-hybridized carbons (Fsp3) is 0.643. The van der Waals surface area contributed by atoms with E-state index in [0.29, 0.717) is 18.8 Å². The van der Waals surface area contributed by atoms with Gasteiger partial charge in [0.05, 0.1) is 17.9 Å². The predicted octanol–water partition coefficient (Wildman–Crippen LogP) is 2.68. The van der Waals surface area contributed by atoms with Crippen molar-refractivity contribution in [3.8, 4) is 0 Å². The summed E-state index contributed by atoms with van der Waals surface area (Å²) in [5.41, 5.74) is 0.699. The minimum Gasteiger partial charge on any atom is -0.390 e. The van der Waals surface area contributed by atoms with Crippen molar-refractivity contribution >= 4 is 38.6 Å². The van der Waals surface area contributed by atoms with Gasteiger partial charge in [0.2, 0.25) is 10.0 Å². The van der Waals surface area contributed by atoms with Crippen LogP contribution in [-0.4, -0.2) is 94.8 Å². The van der Waals surface area contributed by atoms with Crippen molar-refractivity contribution in [2.75, 3.05) is 37.4 Å². The molecule has 1 unspecified atom stereocenters. The van der Waals surface area contributed by atoms with Crippen molar-refractivity contribution in [1.82, 2.24) is 19.1 Å². The van der Waals surface area contributed by atoms with E-state index in [2.05, 4.69) is 10.2 Å². The topological polar surface area (TPSA) is 112 Å². The van der Waals surface area contributed by atoms with Crippen molar-refractivity contribution in [3.05, 3.63) is 46.2 Å². The molecule has 2 aromatic rings. The third-order valence-corrected chi connectivity index (χ3v) is 10.1. The molecule has 2 bridgehead atoms. The number of hydrogen-bond donors (Lipinski definition) is 2. The number of aliphatic hydroxyl groups is 1. The molecule has 9 nitrogen and oxygen atoms in total. The molecule has 216 valence electrons. The number of rotatable bonds is 12. The Hall–Kier alpha value is -1.92. The Labute approximate surface area is 236 Å². The van der Waals surface area contributed by atoms with Crippen molar-refractivity contribution in [3.63, 3.8) is 0 Å². The highest BCUT2D eigenvalue weighted by atomic mass is 32.2. The fourth-order valence-corrected chi connectivity index (χ4v) is 7.77. The standard InChI is InChI=1S/C28H42N4O5S2/c1-5-38-13-12-30(39(4,36)37)17-24(33)18-31-22-10-11-23(31)16-21(15-22)29-27(34)25-14-20-8-6-7-9-26(20)32(19(2)3)28(25)35/h6-9,14,19,21-24,33H,5,10-13,15-18H2,1-4H3,(H,29,34)/t21-,22+,23-,24?. The number of para-hydroxylation sites is 1. The van der Waals surface area contributed by atoms with Crippen LogP contribution in [0.1, 0.15) is 62.9 Å². The number of nitrogens with zero attached hydrogens (tertiary/aromatic N) is 3. The van der Waals surface area contributed by atoms with Crippen LogP contribution in [0.5, 0.6) is 0 Å². The van der Waals surface area contributed by atoms with Crippen LogP contribution in [0.3, 0.4) is 0 Å². The van der Waals surface area contributed by atoms with E-state index in [1.165, 1.54) is 10.6 Å². The second-order valence-electron chi connectivity index (χ2n) is 11.1. The minimum atomic E-state index is -3.40. The van der Waals surface area contributed by atoms with Crippen LogP contribution in [0, 0.1) is 0 Å². The van der Waals surface area contributed by atoms with E-state index >= 15 is 0 Å². The molecule has 3 heterocycles. The minimum absolute atomic E-state index is 0.0552. The van der Waals surface area contributed by atoms with E-state index < -0.39 is 16.1 Å². The lowest BCUT2D eigenvalue weighted by atomic mass is 9.96. The summed E-state index contributed by atoms with van der Waals surface area (Å²) in [6, 6.07) is 9.58. The SMILES string of the molecule is CCSCCN(CC(O)CN1[C@@H]2CC[C@H]1C[C@@H](NC(=O)c1cc3ccccc3n(C(C)C)c1=O)C2)S(C)(=O)=O. The molecule has 0 saturated carbocycles. The lowest BCUT2D eigenvalue weighted by molar-refractivity contribution is 0.0435. The molecule has 2 fully saturated rings. The summed E-state index contributed by atoms with van der Waals surface area (Å²) in [4.78, 5) is 28.9. The fourth-order valence-electron chi connectivity index (χ4n) is 6.15. The molecule has 2 N–H and O–H groups in total. The Balaban J connectivity index is 1.40. The Bertz CT molecular complexity index is 1310. The van der Waals surface area contributed by atoms with Crippen molar-refractivity contribution in [2.24, 2.45) is 0 Å². The van der Waals surface area contributed by atoms with Gasteiger partial charge in [0.1, 0.15) is 5.56 Å².